The number of aliphatic hydroxyl groups is 1. The summed E-state index contributed by atoms with van der Waals surface area (Å²) in [6.07, 6.45) is 2.40. The van der Waals surface area contributed by atoms with E-state index in [0.29, 0.717) is 30.8 Å². The Morgan fingerprint density at radius 1 is 0.977 bits per heavy atom. The molecular weight excluding hydrogens is 592 g/mol. The third kappa shape index (κ3) is 7.50. The summed E-state index contributed by atoms with van der Waals surface area (Å²) < 4.78 is 66.3. The Morgan fingerprint density at radius 2 is 1.75 bits per heavy atom. The molecule has 5 rings (SSSR count). The van der Waals surface area contributed by atoms with Crippen LogP contribution in [0.5, 0.6) is 0 Å². The van der Waals surface area contributed by atoms with E-state index >= 15 is 0 Å². The van der Waals surface area contributed by atoms with Crippen LogP contribution in [0.4, 0.5) is 14.5 Å². The van der Waals surface area contributed by atoms with E-state index in [1.807, 2.05) is 18.2 Å². The minimum atomic E-state index is -3.88. The zero-order valence-electron chi connectivity index (χ0n) is 23.5. The predicted molar refractivity (Wildman–Crippen MR) is 158 cm³/mol. The number of sulfonamides is 1. The first-order valence-electron chi connectivity index (χ1n) is 13.6. The SMILES string of the molecule is COC(c1ccc(F)c(F)c1)c1nc(-c2ccc(S(=O)(=O)Nc3ccc(CCNCC(O)c4cccnc4)cc3)cc2)no1. The molecule has 2 aromatic heterocycles. The van der Waals surface area contributed by atoms with Gasteiger partial charge in [-0.25, -0.2) is 17.2 Å². The molecule has 5 aromatic rings. The highest BCUT2D eigenvalue weighted by molar-refractivity contribution is 7.92. The molecule has 0 aliphatic carbocycles. The van der Waals surface area contributed by atoms with Crippen molar-refractivity contribution >= 4 is 15.7 Å². The van der Waals surface area contributed by atoms with Crippen LogP contribution >= 0.6 is 0 Å². The standard InChI is InChI=1S/C31H29F2N5O5S/c1-42-29(22-8-13-26(32)27(33)17-22)31-36-30(37-43-31)21-6-11-25(12-7-21)44(40,41)38-24-9-4-20(5-10-24)14-16-35-19-28(39)23-3-2-15-34-18-23/h2-13,15,17-18,28-29,35,38-39H,14,16,19H2,1H3. The number of halogens is 2. The summed E-state index contributed by atoms with van der Waals surface area (Å²) >= 11 is 0. The number of aliphatic hydroxyl groups excluding tert-OH is 1. The molecule has 0 saturated carbocycles. The van der Waals surface area contributed by atoms with E-state index in [-0.39, 0.29) is 22.2 Å². The van der Waals surface area contributed by atoms with Crippen LogP contribution in [0.2, 0.25) is 0 Å². The minimum Gasteiger partial charge on any atom is -0.387 e. The highest BCUT2D eigenvalue weighted by Crippen LogP contribution is 2.28. The Bertz CT molecular complexity index is 1790. The summed E-state index contributed by atoms with van der Waals surface area (Å²) in [7, 11) is -2.52. The van der Waals surface area contributed by atoms with Crippen LogP contribution in [0.15, 0.2) is 101 Å². The van der Waals surface area contributed by atoms with Crippen LogP contribution in [-0.2, 0) is 21.2 Å². The zero-order chi connectivity index (χ0) is 31.1. The van der Waals surface area contributed by atoms with Crippen molar-refractivity contribution in [1.82, 2.24) is 20.4 Å². The van der Waals surface area contributed by atoms with Crippen LogP contribution in [0.3, 0.4) is 0 Å². The van der Waals surface area contributed by atoms with Crippen molar-refractivity contribution in [3.8, 4) is 11.4 Å². The van der Waals surface area contributed by atoms with Gasteiger partial charge in [0.1, 0.15) is 0 Å². The summed E-state index contributed by atoms with van der Waals surface area (Å²) in [5.41, 5.74) is 2.91. The van der Waals surface area contributed by atoms with Crippen molar-refractivity contribution < 1.29 is 31.6 Å². The first-order chi connectivity index (χ1) is 21.2. The van der Waals surface area contributed by atoms with Crippen LogP contribution in [0, 0.1) is 11.6 Å². The lowest BCUT2D eigenvalue weighted by atomic mass is 10.1. The van der Waals surface area contributed by atoms with Crippen molar-refractivity contribution in [1.29, 1.82) is 0 Å². The number of rotatable bonds is 13. The fourth-order valence-corrected chi connectivity index (χ4v) is 5.47. The molecule has 0 bridgehead atoms. The number of anilines is 1. The second-order valence-corrected chi connectivity index (χ2v) is 11.5. The van der Waals surface area contributed by atoms with Crippen LogP contribution in [0.25, 0.3) is 11.4 Å². The average molecular weight is 622 g/mol. The van der Waals surface area contributed by atoms with E-state index in [1.165, 1.54) is 37.4 Å². The molecule has 2 unspecified atom stereocenters. The van der Waals surface area contributed by atoms with Gasteiger partial charge in [0.2, 0.25) is 5.82 Å². The Balaban J connectivity index is 1.16. The molecular formula is C31H29F2N5O5S. The molecule has 13 heteroatoms. The lowest BCUT2D eigenvalue weighted by Gasteiger charge is -2.12. The van der Waals surface area contributed by atoms with E-state index in [2.05, 4.69) is 25.2 Å². The second kappa shape index (κ2) is 13.8. The van der Waals surface area contributed by atoms with Crippen molar-refractivity contribution in [3.63, 3.8) is 0 Å². The van der Waals surface area contributed by atoms with Gasteiger partial charge in [-0.05, 0) is 78.7 Å². The summed E-state index contributed by atoms with van der Waals surface area (Å²) in [4.78, 5) is 8.33. The molecule has 0 aliphatic rings. The number of hydrogen-bond donors (Lipinski definition) is 3. The normalized spacial score (nSPS) is 13.0. The molecule has 0 fully saturated rings. The molecule has 0 spiro atoms. The van der Waals surface area contributed by atoms with Gasteiger partial charge < -0.3 is 19.7 Å². The predicted octanol–water partition coefficient (Wildman–Crippen LogP) is 4.81. The van der Waals surface area contributed by atoms with Crippen molar-refractivity contribution in [3.05, 3.63) is 125 Å². The second-order valence-electron chi connectivity index (χ2n) is 9.83. The zero-order valence-corrected chi connectivity index (χ0v) is 24.3. The molecule has 0 amide bonds. The average Bonchev–Trinajstić information content (AvgIpc) is 3.52. The molecule has 0 saturated heterocycles. The van der Waals surface area contributed by atoms with Gasteiger partial charge in [0, 0.05) is 42.9 Å². The first kappa shape index (κ1) is 30.9. The Morgan fingerprint density at radius 3 is 2.43 bits per heavy atom. The van der Waals surface area contributed by atoms with Gasteiger partial charge in [-0.15, -0.1) is 0 Å². The Kier molecular flexibility index (Phi) is 9.70. The van der Waals surface area contributed by atoms with Crippen LogP contribution in [0.1, 0.15) is 34.8 Å². The number of benzene rings is 3. The molecule has 44 heavy (non-hydrogen) atoms. The third-order valence-corrected chi connectivity index (χ3v) is 8.17. The van der Waals surface area contributed by atoms with E-state index in [4.69, 9.17) is 9.26 Å². The van der Waals surface area contributed by atoms with Crippen molar-refractivity contribution in [2.24, 2.45) is 0 Å². The molecule has 2 heterocycles. The first-order valence-corrected chi connectivity index (χ1v) is 15.0. The number of pyridine rings is 1. The quantitative estimate of drug-likeness (QED) is 0.158. The number of methoxy groups -OCH3 is 1. The topological polar surface area (TPSA) is 139 Å². The molecule has 228 valence electrons. The van der Waals surface area contributed by atoms with Gasteiger partial charge in [0.05, 0.1) is 11.0 Å². The summed E-state index contributed by atoms with van der Waals surface area (Å²) in [6.45, 7) is 1.02. The minimum absolute atomic E-state index is 0.0217. The monoisotopic (exact) mass is 621 g/mol. The molecule has 0 aliphatic heterocycles. The number of aromatic nitrogens is 3. The lowest BCUT2D eigenvalue weighted by Crippen LogP contribution is -2.23. The van der Waals surface area contributed by atoms with Gasteiger partial charge in [0.25, 0.3) is 15.9 Å². The third-order valence-electron chi connectivity index (χ3n) is 6.77. The summed E-state index contributed by atoms with van der Waals surface area (Å²) in [5.74, 6) is -1.84. The molecule has 10 nitrogen and oxygen atoms in total. The van der Waals surface area contributed by atoms with Gasteiger partial charge in [0.15, 0.2) is 17.7 Å². The van der Waals surface area contributed by atoms with Gasteiger partial charge in [-0.3, -0.25) is 9.71 Å². The van der Waals surface area contributed by atoms with Gasteiger partial charge >= 0.3 is 0 Å². The van der Waals surface area contributed by atoms with Crippen LogP contribution in [-0.4, -0.2) is 48.8 Å². The van der Waals surface area contributed by atoms with E-state index < -0.39 is 33.9 Å². The molecule has 0 radical (unpaired) electrons. The summed E-state index contributed by atoms with van der Waals surface area (Å²) in [6, 6.07) is 19.8. The fourth-order valence-electron chi connectivity index (χ4n) is 4.41. The highest BCUT2D eigenvalue weighted by Gasteiger charge is 2.23. The Hall–Kier alpha value is -4.56. The van der Waals surface area contributed by atoms with E-state index in [1.54, 1.807) is 30.6 Å². The fraction of sp³-hybridized carbons (Fsp3) is 0.194. The van der Waals surface area contributed by atoms with Crippen molar-refractivity contribution in [2.75, 3.05) is 24.9 Å². The number of nitrogens with one attached hydrogen (secondary N) is 2. The maximum absolute atomic E-state index is 13.7. The maximum Gasteiger partial charge on any atom is 0.261 e. The molecule has 3 aromatic carbocycles. The number of ether oxygens (including phenoxy) is 1. The number of hydrogen-bond acceptors (Lipinski definition) is 9. The maximum atomic E-state index is 13.7. The van der Waals surface area contributed by atoms with Crippen LogP contribution < -0.4 is 10.0 Å². The van der Waals surface area contributed by atoms with E-state index in [0.717, 1.165) is 23.3 Å². The largest absolute Gasteiger partial charge is 0.387 e. The smallest absolute Gasteiger partial charge is 0.261 e. The Labute approximate surface area is 252 Å². The lowest BCUT2D eigenvalue weighted by molar-refractivity contribution is 0.104. The molecule has 2 atom stereocenters. The van der Waals surface area contributed by atoms with E-state index in [9.17, 15) is 22.3 Å². The summed E-state index contributed by atoms with van der Waals surface area (Å²) in [5, 5.41) is 17.3. The van der Waals surface area contributed by atoms with Crippen molar-refractivity contribution in [2.45, 2.75) is 23.5 Å². The van der Waals surface area contributed by atoms with Gasteiger partial charge in [-0.2, -0.15) is 4.98 Å². The molecule has 3 N–H and O–H groups in total. The number of nitrogens with zero attached hydrogens (tertiary/aromatic N) is 3. The highest BCUT2D eigenvalue weighted by atomic mass is 32.2. The van der Waals surface area contributed by atoms with Gasteiger partial charge in [-0.1, -0.05) is 29.4 Å².